The number of carbonyl (C=O) groups is 1. The molecule has 1 heterocycles. The Hall–Kier alpha value is -3.87. The Labute approximate surface area is 159 Å². The highest BCUT2D eigenvalue weighted by Gasteiger charge is 2.09. The van der Waals surface area contributed by atoms with Gasteiger partial charge in [0.15, 0.2) is 0 Å². The molecule has 0 saturated carbocycles. The summed E-state index contributed by atoms with van der Waals surface area (Å²) >= 11 is 0. The van der Waals surface area contributed by atoms with Gasteiger partial charge in [0.25, 0.3) is 5.91 Å². The minimum atomic E-state index is -0.302. The lowest BCUT2D eigenvalue weighted by atomic mass is 10.2. The number of halogens is 1. The number of H-pyrrole nitrogens is 2. The van der Waals surface area contributed by atoms with Crippen LogP contribution >= 0.6 is 0 Å². The monoisotopic (exact) mass is 377 g/mol. The number of aromatic amines is 2. The van der Waals surface area contributed by atoms with Gasteiger partial charge < -0.3 is 20.0 Å². The molecule has 3 N–H and O–H groups in total. The summed E-state index contributed by atoms with van der Waals surface area (Å²) in [5, 5.41) is 2.79. The summed E-state index contributed by atoms with van der Waals surface area (Å²) in [6.45, 7) is 0.267. The van der Waals surface area contributed by atoms with E-state index in [9.17, 15) is 14.0 Å². The Morgan fingerprint density at radius 2 is 1.75 bits per heavy atom. The van der Waals surface area contributed by atoms with Crippen LogP contribution in [0.4, 0.5) is 10.1 Å². The van der Waals surface area contributed by atoms with Crippen LogP contribution in [0.3, 0.4) is 0 Å². The lowest BCUT2D eigenvalue weighted by Crippen LogP contribution is -2.12. The molecule has 0 aliphatic rings. The Kier molecular flexibility index (Phi) is 4.63. The third kappa shape index (κ3) is 3.93. The molecule has 6 nitrogen and oxygen atoms in total. The first kappa shape index (κ1) is 17.5. The molecule has 0 aliphatic carbocycles. The van der Waals surface area contributed by atoms with Crippen molar-refractivity contribution in [2.24, 2.45) is 0 Å². The third-order valence-corrected chi connectivity index (χ3v) is 4.19. The number of ether oxygens (including phenoxy) is 1. The predicted octanol–water partition coefficient (Wildman–Crippen LogP) is 3.83. The molecule has 0 bridgehead atoms. The van der Waals surface area contributed by atoms with Gasteiger partial charge in [-0.25, -0.2) is 9.18 Å². The van der Waals surface area contributed by atoms with Crippen molar-refractivity contribution in [1.82, 2.24) is 9.97 Å². The quantitative estimate of drug-likeness (QED) is 0.494. The molecule has 0 fully saturated rings. The highest BCUT2D eigenvalue weighted by atomic mass is 19.1. The summed E-state index contributed by atoms with van der Waals surface area (Å²) in [6, 6.07) is 17.9. The zero-order chi connectivity index (χ0) is 19.5. The summed E-state index contributed by atoms with van der Waals surface area (Å²) in [5.74, 6) is -0.0730. The van der Waals surface area contributed by atoms with E-state index in [-0.39, 0.29) is 24.0 Å². The highest BCUT2D eigenvalue weighted by Crippen LogP contribution is 2.19. The molecule has 4 rings (SSSR count). The smallest absolute Gasteiger partial charge is 0.323 e. The molecule has 0 aliphatic heterocycles. The van der Waals surface area contributed by atoms with Crippen molar-refractivity contribution >= 4 is 22.6 Å². The number of aromatic nitrogens is 2. The molecule has 4 aromatic rings. The van der Waals surface area contributed by atoms with E-state index in [0.29, 0.717) is 28.0 Å². The zero-order valence-corrected chi connectivity index (χ0v) is 14.7. The van der Waals surface area contributed by atoms with Gasteiger partial charge >= 0.3 is 5.69 Å². The minimum Gasteiger partial charge on any atom is -0.489 e. The molecule has 1 amide bonds. The fourth-order valence-electron chi connectivity index (χ4n) is 2.79. The van der Waals surface area contributed by atoms with Crippen LogP contribution in [-0.2, 0) is 6.61 Å². The summed E-state index contributed by atoms with van der Waals surface area (Å²) < 4.78 is 18.6. The molecule has 0 unspecified atom stereocenters. The van der Waals surface area contributed by atoms with Crippen molar-refractivity contribution in [3.05, 3.63) is 94.2 Å². The van der Waals surface area contributed by atoms with E-state index < -0.39 is 0 Å². The summed E-state index contributed by atoms with van der Waals surface area (Å²) in [6.07, 6.45) is 0. The van der Waals surface area contributed by atoms with Crippen LogP contribution in [0.15, 0.2) is 71.5 Å². The Morgan fingerprint density at radius 1 is 0.964 bits per heavy atom. The first-order valence-corrected chi connectivity index (χ1v) is 8.57. The zero-order valence-electron chi connectivity index (χ0n) is 14.7. The summed E-state index contributed by atoms with van der Waals surface area (Å²) in [5.41, 5.74) is 2.79. The highest BCUT2D eigenvalue weighted by molar-refractivity contribution is 6.05. The van der Waals surface area contributed by atoms with Crippen molar-refractivity contribution in [3.8, 4) is 5.75 Å². The van der Waals surface area contributed by atoms with Crippen LogP contribution < -0.4 is 15.7 Å². The van der Waals surface area contributed by atoms with E-state index >= 15 is 0 Å². The molecule has 0 saturated heterocycles. The van der Waals surface area contributed by atoms with Crippen LogP contribution in [0.25, 0.3) is 11.0 Å². The predicted molar refractivity (Wildman–Crippen MR) is 104 cm³/mol. The van der Waals surface area contributed by atoms with Gasteiger partial charge in [-0.2, -0.15) is 0 Å². The third-order valence-electron chi connectivity index (χ3n) is 4.19. The van der Waals surface area contributed by atoms with Gasteiger partial charge in [0.1, 0.15) is 18.2 Å². The molecule has 28 heavy (non-hydrogen) atoms. The lowest BCUT2D eigenvalue weighted by molar-refractivity contribution is 0.102. The number of benzene rings is 3. The van der Waals surface area contributed by atoms with Crippen molar-refractivity contribution in [3.63, 3.8) is 0 Å². The van der Waals surface area contributed by atoms with Crippen molar-refractivity contribution in [2.45, 2.75) is 6.61 Å². The van der Waals surface area contributed by atoms with Crippen molar-refractivity contribution < 1.29 is 13.9 Å². The molecule has 1 aromatic heterocycles. The van der Waals surface area contributed by atoms with Crippen LogP contribution in [0.5, 0.6) is 5.75 Å². The minimum absolute atomic E-state index is 0.267. The molecule has 140 valence electrons. The summed E-state index contributed by atoms with van der Waals surface area (Å²) in [4.78, 5) is 29.2. The van der Waals surface area contributed by atoms with Gasteiger partial charge in [-0.15, -0.1) is 0 Å². The second-order valence-corrected chi connectivity index (χ2v) is 6.24. The van der Waals surface area contributed by atoms with Crippen molar-refractivity contribution in [1.29, 1.82) is 0 Å². The molecule has 7 heteroatoms. The first-order chi connectivity index (χ1) is 13.6. The van der Waals surface area contributed by atoms with Gasteiger partial charge in [0.05, 0.1) is 11.0 Å². The van der Waals surface area contributed by atoms with E-state index in [1.54, 1.807) is 54.6 Å². The largest absolute Gasteiger partial charge is 0.489 e. The average Bonchev–Trinajstić information content (AvgIpc) is 3.07. The molecule has 0 radical (unpaired) electrons. The number of rotatable bonds is 5. The van der Waals surface area contributed by atoms with E-state index in [2.05, 4.69) is 15.3 Å². The number of amides is 1. The van der Waals surface area contributed by atoms with Crippen LogP contribution in [-0.4, -0.2) is 15.9 Å². The van der Waals surface area contributed by atoms with Crippen LogP contribution in [0.2, 0.25) is 0 Å². The molecule has 0 atom stereocenters. The number of hydrogen-bond acceptors (Lipinski definition) is 3. The number of fused-ring (bicyclic) bond motifs is 1. The van der Waals surface area contributed by atoms with Gasteiger partial charge in [-0.05, 0) is 54.1 Å². The maximum absolute atomic E-state index is 13.0. The number of nitrogens with one attached hydrogen (secondary N) is 3. The van der Waals surface area contributed by atoms with E-state index in [1.807, 2.05) is 0 Å². The van der Waals surface area contributed by atoms with Gasteiger partial charge in [0.2, 0.25) is 0 Å². The Bertz CT molecular complexity index is 1200. The van der Waals surface area contributed by atoms with Gasteiger partial charge in [-0.3, -0.25) is 4.79 Å². The van der Waals surface area contributed by atoms with E-state index in [1.165, 1.54) is 12.1 Å². The lowest BCUT2D eigenvalue weighted by Gasteiger charge is -2.09. The van der Waals surface area contributed by atoms with Gasteiger partial charge in [0, 0.05) is 11.3 Å². The standard InChI is InChI=1S/C21H16FN3O3/c22-15-6-4-13(5-7-15)12-28-17-3-1-2-14(10-17)20(26)23-16-8-9-18-19(11-16)25-21(27)24-18/h1-11H,12H2,(H,23,26)(H2,24,25,27). The van der Waals surface area contributed by atoms with Gasteiger partial charge in [-0.1, -0.05) is 18.2 Å². The topological polar surface area (TPSA) is 87.0 Å². The first-order valence-electron chi connectivity index (χ1n) is 8.57. The molecular formula is C21H16FN3O3. The molecular weight excluding hydrogens is 361 g/mol. The van der Waals surface area contributed by atoms with Crippen LogP contribution in [0.1, 0.15) is 15.9 Å². The van der Waals surface area contributed by atoms with Crippen LogP contribution in [0, 0.1) is 5.82 Å². The van der Waals surface area contributed by atoms with E-state index in [0.717, 1.165) is 5.56 Å². The normalized spacial score (nSPS) is 10.8. The maximum atomic E-state index is 13.0. The van der Waals surface area contributed by atoms with E-state index in [4.69, 9.17) is 4.74 Å². The SMILES string of the molecule is O=C(Nc1ccc2[nH]c(=O)[nH]c2c1)c1cccc(OCc2ccc(F)cc2)c1. The number of anilines is 1. The molecule has 3 aromatic carbocycles. The number of hydrogen-bond donors (Lipinski definition) is 3. The maximum Gasteiger partial charge on any atom is 0.323 e. The Morgan fingerprint density at radius 3 is 2.57 bits per heavy atom. The summed E-state index contributed by atoms with van der Waals surface area (Å²) in [7, 11) is 0. The molecule has 0 spiro atoms. The number of carbonyl (C=O) groups excluding carboxylic acids is 1. The van der Waals surface area contributed by atoms with Crippen molar-refractivity contribution in [2.75, 3.05) is 5.32 Å². The Balaban J connectivity index is 1.45. The number of imidazole rings is 1. The second kappa shape index (κ2) is 7.40. The fourth-order valence-corrected chi connectivity index (χ4v) is 2.79. The average molecular weight is 377 g/mol. The second-order valence-electron chi connectivity index (χ2n) is 6.24. The fraction of sp³-hybridized carbons (Fsp3) is 0.0476.